The minimum atomic E-state index is -1.11. The lowest BCUT2D eigenvalue weighted by Gasteiger charge is -2.02. The third kappa shape index (κ3) is 2.20. The maximum Gasteiger partial charge on any atom is 0.340 e. The van der Waals surface area contributed by atoms with Crippen LogP contribution in [0.3, 0.4) is 0 Å². The van der Waals surface area contributed by atoms with E-state index in [4.69, 9.17) is 9.15 Å². The second-order valence-corrected chi connectivity index (χ2v) is 4.94. The van der Waals surface area contributed by atoms with Crippen LogP contribution < -0.4 is 4.74 Å². The lowest BCUT2D eigenvalue weighted by Crippen LogP contribution is -1.97. The molecule has 0 aliphatic carbocycles. The predicted molar refractivity (Wildman–Crippen MR) is 79.9 cm³/mol. The first kappa shape index (κ1) is 14.1. The van der Waals surface area contributed by atoms with Crippen LogP contribution in [0.4, 0.5) is 4.39 Å². The molecule has 1 heterocycles. The molecule has 0 radical (unpaired) electrons. The van der Waals surface area contributed by atoms with E-state index in [-0.39, 0.29) is 17.1 Å². The van der Waals surface area contributed by atoms with Gasteiger partial charge in [0.15, 0.2) is 0 Å². The molecule has 22 heavy (non-hydrogen) atoms. The molecule has 0 unspecified atom stereocenters. The van der Waals surface area contributed by atoms with Gasteiger partial charge in [-0.2, -0.15) is 0 Å². The van der Waals surface area contributed by atoms with Crippen molar-refractivity contribution in [3.05, 3.63) is 53.3 Å². The topological polar surface area (TPSA) is 59.7 Å². The van der Waals surface area contributed by atoms with E-state index in [0.29, 0.717) is 27.8 Å². The van der Waals surface area contributed by atoms with E-state index in [1.165, 1.54) is 19.2 Å². The summed E-state index contributed by atoms with van der Waals surface area (Å²) in [6.45, 7) is 1.62. The highest BCUT2D eigenvalue weighted by Crippen LogP contribution is 2.36. The average Bonchev–Trinajstić information content (AvgIpc) is 2.88. The summed E-state index contributed by atoms with van der Waals surface area (Å²) in [6.07, 6.45) is 0. The molecule has 0 fully saturated rings. The molecule has 0 saturated carbocycles. The summed E-state index contributed by atoms with van der Waals surface area (Å²) in [7, 11) is 1.51. The minimum absolute atomic E-state index is 0.0416. The monoisotopic (exact) mass is 300 g/mol. The van der Waals surface area contributed by atoms with Gasteiger partial charge in [-0.25, -0.2) is 9.18 Å². The highest BCUT2D eigenvalue weighted by atomic mass is 19.1. The second-order valence-electron chi connectivity index (χ2n) is 4.94. The van der Waals surface area contributed by atoms with Crippen LogP contribution in [-0.2, 0) is 0 Å². The van der Waals surface area contributed by atoms with Crippen LogP contribution >= 0.6 is 0 Å². The van der Waals surface area contributed by atoms with E-state index in [2.05, 4.69) is 0 Å². The zero-order valence-corrected chi connectivity index (χ0v) is 12.0. The van der Waals surface area contributed by atoms with Crippen molar-refractivity contribution in [3.63, 3.8) is 0 Å². The van der Waals surface area contributed by atoms with Crippen LogP contribution in [0.2, 0.25) is 0 Å². The molecule has 3 aromatic rings. The van der Waals surface area contributed by atoms with E-state index >= 15 is 0 Å². The number of fused-ring (bicyclic) bond motifs is 1. The Hall–Kier alpha value is -2.82. The van der Waals surface area contributed by atoms with Crippen LogP contribution in [0.1, 0.15) is 15.9 Å². The number of rotatable bonds is 3. The van der Waals surface area contributed by atoms with Gasteiger partial charge in [0.2, 0.25) is 0 Å². The average molecular weight is 300 g/mol. The molecule has 1 N–H and O–H groups in total. The first-order valence-electron chi connectivity index (χ1n) is 6.61. The highest BCUT2D eigenvalue weighted by Gasteiger charge is 2.22. The summed E-state index contributed by atoms with van der Waals surface area (Å²) in [6, 6.07) is 9.32. The fourth-order valence-electron chi connectivity index (χ4n) is 2.41. The molecule has 5 heteroatoms. The highest BCUT2D eigenvalue weighted by molar-refractivity contribution is 6.08. The van der Waals surface area contributed by atoms with Gasteiger partial charge in [0.25, 0.3) is 0 Å². The Kier molecular flexibility index (Phi) is 3.33. The van der Waals surface area contributed by atoms with Gasteiger partial charge in [0, 0.05) is 10.9 Å². The number of hydrogen-bond acceptors (Lipinski definition) is 3. The van der Waals surface area contributed by atoms with Gasteiger partial charge < -0.3 is 14.3 Å². The van der Waals surface area contributed by atoms with Crippen molar-refractivity contribution in [2.24, 2.45) is 0 Å². The molecule has 0 aliphatic heterocycles. The van der Waals surface area contributed by atoms with Crippen molar-refractivity contribution in [3.8, 4) is 17.1 Å². The normalized spacial score (nSPS) is 10.9. The third-order valence-electron chi connectivity index (χ3n) is 3.53. The second kappa shape index (κ2) is 5.18. The Bertz CT molecular complexity index is 880. The summed E-state index contributed by atoms with van der Waals surface area (Å²) in [5.74, 6) is -0.709. The Morgan fingerprint density at radius 1 is 1.23 bits per heavy atom. The summed E-state index contributed by atoms with van der Waals surface area (Å²) in [5.41, 5.74) is 1.42. The largest absolute Gasteiger partial charge is 0.497 e. The molecular weight excluding hydrogens is 287 g/mol. The van der Waals surface area contributed by atoms with E-state index in [1.807, 2.05) is 0 Å². The van der Waals surface area contributed by atoms with Crippen molar-refractivity contribution < 1.29 is 23.4 Å². The van der Waals surface area contributed by atoms with Crippen molar-refractivity contribution in [2.45, 2.75) is 6.92 Å². The number of ether oxygens (including phenoxy) is 1. The molecule has 0 amide bonds. The number of methoxy groups -OCH3 is 1. The van der Waals surface area contributed by atoms with Gasteiger partial charge in [-0.05, 0) is 48.9 Å². The van der Waals surface area contributed by atoms with Crippen LogP contribution in [0.15, 0.2) is 40.8 Å². The van der Waals surface area contributed by atoms with Gasteiger partial charge in [0.1, 0.15) is 28.5 Å². The molecular formula is C17H13FO4. The maximum absolute atomic E-state index is 13.4. The molecule has 0 aliphatic rings. The summed E-state index contributed by atoms with van der Waals surface area (Å²) >= 11 is 0. The van der Waals surface area contributed by atoms with Crippen LogP contribution in [-0.4, -0.2) is 18.2 Å². The van der Waals surface area contributed by atoms with E-state index in [1.54, 1.807) is 31.2 Å². The van der Waals surface area contributed by atoms with Crippen molar-refractivity contribution >= 4 is 16.9 Å². The Morgan fingerprint density at radius 2 is 2.00 bits per heavy atom. The number of hydrogen-bond donors (Lipinski definition) is 1. The van der Waals surface area contributed by atoms with Gasteiger partial charge in [0.05, 0.1) is 7.11 Å². The van der Waals surface area contributed by atoms with Crippen LogP contribution in [0.5, 0.6) is 5.75 Å². The molecule has 0 spiro atoms. The molecule has 112 valence electrons. The fraction of sp³-hybridized carbons (Fsp3) is 0.118. The van der Waals surface area contributed by atoms with E-state index in [0.717, 1.165) is 0 Å². The van der Waals surface area contributed by atoms with Gasteiger partial charge in [-0.15, -0.1) is 0 Å². The predicted octanol–water partition coefficient (Wildman–Crippen LogP) is 4.25. The number of benzene rings is 2. The van der Waals surface area contributed by atoms with E-state index in [9.17, 15) is 14.3 Å². The SMILES string of the molecule is COc1ccc2oc(-c3ccc(F)c(C)c3)c(C(=O)O)c2c1. The maximum atomic E-state index is 13.4. The minimum Gasteiger partial charge on any atom is -0.497 e. The van der Waals surface area contributed by atoms with E-state index < -0.39 is 5.97 Å². The Morgan fingerprint density at radius 3 is 2.64 bits per heavy atom. The summed E-state index contributed by atoms with van der Waals surface area (Å²) in [4.78, 5) is 11.6. The quantitative estimate of drug-likeness (QED) is 0.785. The first-order valence-corrected chi connectivity index (χ1v) is 6.61. The lowest BCUT2D eigenvalue weighted by molar-refractivity contribution is 0.0699. The number of aryl methyl sites for hydroxylation is 1. The van der Waals surface area contributed by atoms with Crippen molar-refractivity contribution in [1.29, 1.82) is 0 Å². The molecule has 1 aromatic heterocycles. The third-order valence-corrected chi connectivity index (χ3v) is 3.53. The molecule has 0 bridgehead atoms. The first-order chi connectivity index (χ1) is 10.5. The Balaban J connectivity index is 2.30. The number of carboxylic acids is 1. The summed E-state index contributed by atoms with van der Waals surface area (Å²) < 4.78 is 24.2. The Labute approximate surface area is 125 Å². The number of carboxylic acid groups (broad SMARTS) is 1. The smallest absolute Gasteiger partial charge is 0.340 e. The zero-order chi connectivity index (χ0) is 15.9. The van der Waals surface area contributed by atoms with Crippen molar-refractivity contribution in [2.75, 3.05) is 7.11 Å². The molecule has 3 rings (SSSR count). The summed E-state index contributed by atoms with van der Waals surface area (Å²) in [5, 5.41) is 9.97. The standard InChI is InChI=1S/C17H13FO4/c1-9-7-10(3-5-13(9)18)16-15(17(19)20)12-8-11(21-2)4-6-14(12)22-16/h3-8H,1-2H3,(H,19,20). The molecule has 4 nitrogen and oxygen atoms in total. The number of furan rings is 1. The van der Waals surface area contributed by atoms with Crippen LogP contribution in [0, 0.1) is 12.7 Å². The van der Waals surface area contributed by atoms with Crippen molar-refractivity contribution in [1.82, 2.24) is 0 Å². The number of aromatic carboxylic acids is 1. The molecule has 2 aromatic carbocycles. The number of halogens is 1. The van der Waals surface area contributed by atoms with Gasteiger partial charge in [-0.3, -0.25) is 0 Å². The molecule has 0 atom stereocenters. The lowest BCUT2D eigenvalue weighted by atomic mass is 10.0. The van der Waals surface area contributed by atoms with Crippen LogP contribution in [0.25, 0.3) is 22.3 Å². The van der Waals surface area contributed by atoms with Gasteiger partial charge in [-0.1, -0.05) is 0 Å². The fourth-order valence-corrected chi connectivity index (χ4v) is 2.41. The zero-order valence-electron chi connectivity index (χ0n) is 12.0. The number of carbonyl (C=O) groups is 1. The molecule has 0 saturated heterocycles. The van der Waals surface area contributed by atoms with Gasteiger partial charge >= 0.3 is 5.97 Å².